The van der Waals surface area contributed by atoms with Gasteiger partial charge in [0.25, 0.3) is 12.3 Å². The van der Waals surface area contributed by atoms with Crippen LogP contribution in [-0.2, 0) is 0 Å². The number of amides is 1. The number of hydrogen-bond donors (Lipinski definition) is 2. The van der Waals surface area contributed by atoms with Gasteiger partial charge < -0.3 is 11.1 Å². The molecule has 1 aliphatic carbocycles. The van der Waals surface area contributed by atoms with Gasteiger partial charge in [0, 0.05) is 18.3 Å². The molecule has 0 radical (unpaired) electrons. The van der Waals surface area contributed by atoms with Gasteiger partial charge in [0.2, 0.25) is 6.30 Å². The number of dihydropyridines is 1. The number of aromatic nitrogens is 1. The number of fused-ring (bicyclic) bond motifs is 1. The molecule has 1 amide bonds. The van der Waals surface area contributed by atoms with E-state index in [9.17, 15) is 13.6 Å². The fourth-order valence-electron chi connectivity index (χ4n) is 4.87. The number of hydrogen-bond acceptors (Lipinski definition) is 6. The first-order chi connectivity index (χ1) is 14.5. The predicted molar refractivity (Wildman–Crippen MR) is 115 cm³/mol. The molecule has 2 unspecified atom stereocenters. The summed E-state index contributed by atoms with van der Waals surface area (Å²) in [7, 11) is 0. The molecule has 1 aromatic heterocycles. The van der Waals surface area contributed by atoms with Gasteiger partial charge in [-0.3, -0.25) is 14.8 Å². The molecule has 6 nitrogen and oxygen atoms in total. The van der Waals surface area contributed by atoms with Gasteiger partial charge in [-0.05, 0) is 38.0 Å². The summed E-state index contributed by atoms with van der Waals surface area (Å²) < 4.78 is 41.9. The minimum atomic E-state index is -2.64. The van der Waals surface area contributed by atoms with Gasteiger partial charge >= 0.3 is 0 Å². The van der Waals surface area contributed by atoms with Gasteiger partial charge in [0.15, 0.2) is 5.17 Å². The second-order valence-electron chi connectivity index (χ2n) is 8.43. The number of carbonyl (C=O) groups is 1. The lowest BCUT2D eigenvalue weighted by molar-refractivity contribution is 0.0605. The summed E-state index contributed by atoms with van der Waals surface area (Å²) in [5.74, 6) is -1.57. The van der Waals surface area contributed by atoms with E-state index in [0.29, 0.717) is 5.02 Å². The zero-order valence-electron chi connectivity index (χ0n) is 16.9. The number of alkyl halides is 3. The lowest BCUT2D eigenvalue weighted by Gasteiger charge is -2.47. The van der Waals surface area contributed by atoms with E-state index >= 15 is 4.39 Å². The maximum absolute atomic E-state index is 15.2. The number of halogens is 4. The summed E-state index contributed by atoms with van der Waals surface area (Å²) in [6, 6.07) is 2.97. The van der Waals surface area contributed by atoms with Gasteiger partial charge in [0.1, 0.15) is 5.69 Å². The van der Waals surface area contributed by atoms with Crippen molar-refractivity contribution >= 4 is 40.7 Å². The third-order valence-electron chi connectivity index (χ3n) is 6.76. The zero-order valence-corrected chi connectivity index (χ0v) is 18.5. The smallest absolute Gasteiger partial charge is 0.274 e. The number of allylic oxidation sites excluding steroid dienone is 1. The van der Waals surface area contributed by atoms with Crippen molar-refractivity contribution in [1.29, 1.82) is 0 Å². The van der Waals surface area contributed by atoms with Crippen LogP contribution in [0.4, 0.5) is 13.2 Å². The lowest BCUT2D eigenvalue weighted by atomic mass is 9.66. The lowest BCUT2D eigenvalue weighted by Crippen LogP contribution is -2.55. The number of thioether (sulfide) groups is 1. The Morgan fingerprint density at radius 2 is 2.06 bits per heavy atom. The number of pyridine rings is 1. The maximum atomic E-state index is 15.2. The van der Waals surface area contributed by atoms with Crippen molar-refractivity contribution in [2.24, 2.45) is 33.0 Å². The van der Waals surface area contributed by atoms with Crippen LogP contribution in [0.15, 0.2) is 40.1 Å². The minimum Gasteiger partial charge on any atom is -0.379 e. The molecule has 31 heavy (non-hydrogen) atoms. The SMILES string of the molecule is C[C@H]1[C@@H]2[C@@]1(C(F)F)SC(N)=N[C@]2(C)C1(C)C=C(NC(=O)c2ccc(Cl)cn2)C=NC1F. The molecule has 4 rings (SSSR count). The van der Waals surface area contributed by atoms with E-state index in [1.165, 1.54) is 30.6 Å². The summed E-state index contributed by atoms with van der Waals surface area (Å²) in [5, 5.41) is 3.01. The van der Waals surface area contributed by atoms with Crippen LogP contribution in [0.3, 0.4) is 0 Å². The molecule has 6 atom stereocenters. The van der Waals surface area contributed by atoms with Crippen LogP contribution in [0.2, 0.25) is 5.02 Å². The molecule has 2 aliphatic heterocycles. The fourth-order valence-corrected chi connectivity index (χ4v) is 6.48. The second kappa shape index (κ2) is 7.23. The molecule has 3 aliphatic rings. The fraction of sp³-hybridized carbons (Fsp3) is 0.500. The van der Waals surface area contributed by atoms with Gasteiger partial charge in [-0.25, -0.2) is 18.2 Å². The zero-order chi connectivity index (χ0) is 22.8. The van der Waals surface area contributed by atoms with Crippen LogP contribution >= 0.6 is 23.4 Å². The molecule has 0 saturated heterocycles. The van der Waals surface area contributed by atoms with Crippen molar-refractivity contribution in [3.8, 4) is 0 Å². The van der Waals surface area contributed by atoms with Gasteiger partial charge in [-0.15, -0.1) is 0 Å². The van der Waals surface area contributed by atoms with Crippen LogP contribution in [0.5, 0.6) is 0 Å². The van der Waals surface area contributed by atoms with E-state index in [1.807, 2.05) is 0 Å². The summed E-state index contributed by atoms with van der Waals surface area (Å²) in [6.45, 7) is 4.90. The monoisotopic (exact) mass is 471 g/mol. The molecule has 1 aromatic rings. The normalized spacial score (nSPS) is 38.9. The van der Waals surface area contributed by atoms with Crippen LogP contribution in [0.1, 0.15) is 31.3 Å². The Balaban J connectivity index is 1.69. The quantitative estimate of drug-likeness (QED) is 0.653. The van der Waals surface area contributed by atoms with Crippen LogP contribution in [-0.4, -0.2) is 45.3 Å². The highest BCUT2D eigenvalue weighted by atomic mass is 35.5. The first-order valence-electron chi connectivity index (χ1n) is 9.61. The molecule has 11 heteroatoms. The summed E-state index contributed by atoms with van der Waals surface area (Å²) in [6.07, 6.45) is -0.372. The van der Waals surface area contributed by atoms with E-state index in [0.717, 1.165) is 11.8 Å². The van der Waals surface area contributed by atoms with Crippen molar-refractivity contribution in [3.05, 3.63) is 40.8 Å². The Morgan fingerprint density at radius 1 is 1.35 bits per heavy atom. The van der Waals surface area contributed by atoms with Crippen molar-refractivity contribution in [1.82, 2.24) is 10.3 Å². The number of nitrogens with two attached hydrogens (primary N) is 1. The predicted octanol–water partition coefficient (Wildman–Crippen LogP) is 3.83. The Hall–Kier alpha value is -2.07. The molecular weight excluding hydrogens is 451 g/mol. The average molecular weight is 472 g/mol. The summed E-state index contributed by atoms with van der Waals surface area (Å²) in [5.41, 5.74) is 3.56. The van der Waals surface area contributed by atoms with Crippen LogP contribution < -0.4 is 11.1 Å². The molecule has 1 fully saturated rings. The first kappa shape index (κ1) is 22.1. The standard InChI is InChI=1S/C20H21ClF3N5OS/c1-9-13-19(3,29-17(25)31-20(9,13)15(22)23)18(2)6-11(8-27-16(18)24)28-14(30)12-5-4-10(21)7-26-12/h4-9,13,15-16H,1-3H3,(H2,25,29)(H,28,30)/t9-,13-,16?,18?,19-,20-/m0/s1. The topological polar surface area (TPSA) is 92.7 Å². The van der Waals surface area contributed by atoms with Crippen molar-refractivity contribution in [3.63, 3.8) is 0 Å². The third-order valence-corrected chi connectivity index (χ3v) is 8.44. The first-order valence-corrected chi connectivity index (χ1v) is 10.8. The van der Waals surface area contributed by atoms with E-state index in [1.54, 1.807) is 20.8 Å². The Bertz CT molecular complexity index is 1020. The number of rotatable bonds is 4. The molecule has 3 heterocycles. The molecule has 1 saturated carbocycles. The van der Waals surface area contributed by atoms with Gasteiger partial charge in [0.05, 0.1) is 26.4 Å². The Kier molecular flexibility index (Phi) is 5.16. The van der Waals surface area contributed by atoms with Crippen molar-refractivity contribution in [2.75, 3.05) is 0 Å². The molecule has 0 bridgehead atoms. The summed E-state index contributed by atoms with van der Waals surface area (Å²) in [4.78, 5) is 24.8. The van der Waals surface area contributed by atoms with Gasteiger partial charge in [-0.2, -0.15) is 0 Å². The van der Waals surface area contributed by atoms with E-state index < -0.39 is 46.2 Å². The molecule has 0 spiro atoms. The largest absolute Gasteiger partial charge is 0.379 e. The van der Waals surface area contributed by atoms with E-state index in [4.69, 9.17) is 17.3 Å². The van der Waals surface area contributed by atoms with Crippen LogP contribution in [0, 0.1) is 17.3 Å². The average Bonchev–Trinajstić information content (AvgIpc) is 3.31. The third kappa shape index (κ3) is 3.17. The number of carbonyl (C=O) groups excluding carboxylic acids is 1. The number of nitrogens with zero attached hydrogens (tertiary/aromatic N) is 3. The van der Waals surface area contributed by atoms with E-state index in [2.05, 4.69) is 20.3 Å². The molecular formula is C20H21ClF3N5OS. The highest BCUT2D eigenvalue weighted by molar-refractivity contribution is 8.15. The number of nitrogens with one attached hydrogen (secondary N) is 1. The summed E-state index contributed by atoms with van der Waals surface area (Å²) >= 11 is 6.65. The van der Waals surface area contributed by atoms with Gasteiger partial charge in [-0.1, -0.05) is 30.3 Å². The maximum Gasteiger partial charge on any atom is 0.274 e. The Labute approximate surface area is 186 Å². The van der Waals surface area contributed by atoms with Crippen LogP contribution in [0.25, 0.3) is 0 Å². The Morgan fingerprint density at radius 3 is 2.68 bits per heavy atom. The molecule has 0 aromatic carbocycles. The van der Waals surface area contributed by atoms with Crippen molar-refractivity contribution < 1.29 is 18.0 Å². The molecule has 3 N–H and O–H groups in total. The number of amidine groups is 1. The highest BCUT2D eigenvalue weighted by Crippen LogP contribution is 2.73. The second-order valence-corrected chi connectivity index (χ2v) is 10.2. The minimum absolute atomic E-state index is 0.00396. The highest BCUT2D eigenvalue weighted by Gasteiger charge is 2.79. The van der Waals surface area contributed by atoms with E-state index in [-0.39, 0.29) is 16.6 Å². The molecule has 166 valence electrons. The van der Waals surface area contributed by atoms with Crippen molar-refractivity contribution in [2.45, 2.75) is 43.8 Å². The number of aliphatic imine (C=N–C) groups is 2.